The molecule has 2 aliphatic rings. The van der Waals surface area contributed by atoms with Gasteiger partial charge in [0.15, 0.2) is 0 Å². The third-order valence-electron chi connectivity index (χ3n) is 5.84. The molecule has 0 aromatic heterocycles. The maximum absolute atomic E-state index is 14.1. The van der Waals surface area contributed by atoms with Gasteiger partial charge in [-0.1, -0.05) is 32.4 Å². The second-order valence-electron chi connectivity index (χ2n) is 9.74. The molecule has 0 saturated carbocycles. The Hall–Kier alpha value is -1.68. The van der Waals surface area contributed by atoms with Crippen molar-refractivity contribution in [3.63, 3.8) is 0 Å². The van der Waals surface area contributed by atoms with Crippen LogP contribution in [0.15, 0.2) is 29.8 Å². The molecule has 2 aliphatic heterocycles. The fraction of sp³-hybridized carbons (Fsp3) is 0.609. The highest BCUT2D eigenvalue weighted by atomic mass is 19.1. The standard InChI is InChI=1S/C23H33FN2O/c1-17(2)8-11-25-12-9-23(10-13-25)16-26(21(27)15-22(3,4)5)20-7-6-18(24)14-19(20)23/h6-8,14H,9-13,15-16H2,1-5H3. The summed E-state index contributed by atoms with van der Waals surface area (Å²) in [5.74, 6) is -0.0515. The highest BCUT2D eigenvalue weighted by molar-refractivity contribution is 5.96. The lowest BCUT2D eigenvalue weighted by Crippen LogP contribution is -2.46. The number of fused-ring (bicyclic) bond motifs is 2. The van der Waals surface area contributed by atoms with Crippen LogP contribution in [0.3, 0.4) is 0 Å². The fourth-order valence-corrected chi connectivity index (χ4v) is 4.32. The number of allylic oxidation sites excluding steroid dienone is 1. The van der Waals surface area contributed by atoms with Crippen LogP contribution in [0.25, 0.3) is 0 Å². The molecule has 1 aromatic rings. The number of carbonyl (C=O) groups excluding carboxylic acids is 1. The molecular formula is C23H33FN2O. The van der Waals surface area contributed by atoms with E-state index in [1.54, 1.807) is 12.1 Å². The number of carbonyl (C=O) groups is 1. The molecule has 4 heteroatoms. The number of hydrogen-bond donors (Lipinski definition) is 0. The molecule has 0 bridgehead atoms. The molecular weight excluding hydrogens is 339 g/mol. The second-order valence-corrected chi connectivity index (χ2v) is 9.74. The first-order chi connectivity index (χ1) is 12.6. The number of anilines is 1. The zero-order valence-electron chi connectivity index (χ0n) is 17.4. The molecule has 0 atom stereocenters. The summed E-state index contributed by atoms with van der Waals surface area (Å²) in [6.45, 7) is 14.2. The van der Waals surface area contributed by atoms with Crippen LogP contribution in [0.1, 0.15) is 59.4 Å². The summed E-state index contributed by atoms with van der Waals surface area (Å²) in [7, 11) is 0. The van der Waals surface area contributed by atoms with Crippen LogP contribution in [0.5, 0.6) is 0 Å². The van der Waals surface area contributed by atoms with Crippen LogP contribution in [0, 0.1) is 11.2 Å². The maximum Gasteiger partial charge on any atom is 0.227 e. The lowest BCUT2D eigenvalue weighted by Gasteiger charge is -2.39. The van der Waals surface area contributed by atoms with E-state index in [9.17, 15) is 9.18 Å². The van der Waals surface area contributed by atoms with Crippen LogP contribution in [0.2, 0.25) is 0 Å². The topological polar surface area (TPSA) is 23.6 Å². The van der Waals surface area contributed by atoms with Crippen LogP contribution in [-0.2, 0) is 10.2 Å². The van der Waals surface area contributed by atoms with Crippen molar-refractivity contribution in [1.82, 2.24) is 4.90 Å². The van der Waals surface area contributed by atoms with Gasteiger partial charge in [-0.25, -0.2) is 4.39 Å². The third-order valence-corrected chi connectivity index (χ3v) is 5.84. The zero-order valence-corrected chi connectivity index (χ0v) is 17.4. The molecule has 3 rings (SSSR count). The Morgan fingerprint density at radius 2 is 1.89 bits per heavy atom. The molecule has 148 valence electrons. The van der Waals surface area contributed by atoms with Crippen molar-refractivity contribution in [2.45, 2.75) is 59.3 Å². The molecule has 1 saturated heterocycles. The lowest BCUT2D eigenvalue weighted by atomic mass is 9.74. The largest absolute Gasteiger partial charge is 0.311 e. The number of benzene rings is 1. The van der Waals surface area contributed by atoms with Gasteiger partial charge in [0.1, 0.15) is 5.82 Å². The number of rotatable bonds is 3. The third kappa shape index (κ3) is 4.43. The van der Waals surface area contributed by atoms with Crippen LogP contribution in [-0.4, -0.2) is 37.0 Å². The van der Waals surface area contributed by atoms with E-state index in [-0.39, 0.29) is 22.6 Å². The molecule has 1 aromatic carbocycles. The molecule has 0 radical (unpaired) electrons. The van der Waals surface area contributed by atoms with Gasteiger partial charge in [0.05, 0.1) is 0 Å². The van der Waals surface area contributed by atoms with Gasteiger partial charge in [-0.2, -0.15) is 0 Å². The van der Waals surface area contributed by atoms with E-state index in [0.717, 1.165) is 43.7 Å². The second kappa shape index (κ2) is 7.38. The van der Waals surface area contributed by atoms with Crippen molar-refractivity contribution in [3.05, 3.63) is 41.2 Å². The first-order valence-corrected chi connectivity index (χ1v) is 10.1. The average Bonchev–Trinajstić information content (AvgIpc) is 2.87. The molecule has 0 unspecified atom stereocenters. The first kappa shape index (κ1) is 20.1. The summed E-state index contributed by atoms with van der Waals surface area (Å²) in [6.07, 6.45) is 4.71. The summed E-state index contributed by atoms with van der Waals surface area (Å²) >= 11 is 0. The number of hydrogen-bond acceptors (Lipinski definition) is 2. The predicted molar refractivity (Wildman–Crippen MR) is 110 cm³/mol. The highest BCUT2D eigenvalue weighted by Crippen LogP contribution is 2.47. The lowest BCUT2D eigenvalue weighted by molar-refractivity contribution is -0.120. The fourth-order valence-electron chi connectivity index (χ4n) is 4.32. The molecule has 1 amide bonds. The van der Waals surface area contributed by atoms with E-state index < -0.39 is 0 Å². The molecule has 1 spiro atoms. The maximum atomic E-state index is 14.1. The summed E-state index contributed by atoms with van der Waals surface area (Å²) in [6, 6.07) is 4.96. The van der Waals surface area contributed by atoms with Crippen LogP contribution in [0.4, 0.5) is 10.1 Å². The van der Waals surface area contributed by atoms with Crippen molar-refractivity contribution in [1.29, 1.82) is 0 Å². The smallest absolute Gasteiger partial charge is 0.227 e. The van der Waals surface area contributed by atoms with E-state index in [2.05, 4.69) is 45.6 Å². The Balaban J connectivity index is 1.83. The van der Waals surface area contributed by atoms with E-state index >= 15 is 0 Å². The summed E-state index contributed by atoms with van der Waals surface area (Å²) in [4.78, 5) is 17.4. The van der Waals surface area contributed by atoms with Crippen molar-refractivity contribution in [2.24, 2.45) is 5.41 Å². The molecule has 0 aliphatic carbocycles. The van der Waals surface area contributed by atoms with E-state index in [1.807, 2.05) is 4.90 Å². The minimum Gasteiger partial charge on any atom is -0.311 e. The van der Waals surface area contributed by atoms with Crippen molar-refractivity contribution >= 4 is 11.6 Å². The van der Waals surface area contributed by atoms with Crippen LogP contribution >= 0.6 is 0 Å². The Bertz CT molecular complexity index is 735. The van der Waals surface area contributed by atoms with Gasteiger partial charge in [-0.15, -0.1) is 0 Å². The summed E-state index contributed by atoms with van der Waals surface area (Å²) < 4.78 is 14.1. The quantitative estimate of drug-likeness (QED) is 0.704. The Morgan fingerprint density at radius 3 is 2.48 bits per heavy atom. The van der Waals surface area contributed by atoms with Crippen molar-refractivity contribution in [3.8, 4) is 0 Å². The summed E-state index contributed by atoms with van der Waals surface area (Å²) in [5, 5.41) is 0. The highest BCUT2D eigenvalue weighted by Gasteiger charge is 2.46. The van der Waals surface area contributed by atoms with E-state index in [0.29, 0.717) is 13.0 Å². The van der Waals surface area contributed by atoms with Crippen LogP contribution < -0.4 is 4.90 Å². The normalized spacial score (nSPS) is 19.3. The van der Waals surface area contributed by atoms with Gasteiger partial charge in [-0.3, -0.25) is 9.69 Å². The van der Waals surface area contributed by atoms with Gasteiger partial charge in [-0.05, 0) is 69.0 Å². The molecule has 27 heavy (non-hydrogen) atoms. The number of amides is 1. The van der Waals surface area contributed by atoms with E-state index in [4.69, 9.17) is 0 Å². The minimum atomic E-state index is -0.204. The van der Waals surface area contributed by atoms with Gasteiger partial charge >= 0.3 is 0 Å². The monoisotopic (exact) mass is 372 g/mol. The Labute approximate surface area is 163 Å². The number of piperidine rings is 1. The molecule has 0 N–H and O–H groups in total. The van der Waals surface area contributed by atoms with Gasteiger partial charge in [0.25, 0.3) is 0 Å². The van der Waals surface area contributed by atoms with E-state index in [1.165, 1.54) is 11.6 Å². The zero-order chi connectivity index (χ0) is 19.8. The number of halogens is 1. The molecule has 1 fully saturated rings. The Kier molecular flexibility index (Phi) is 5.49. The Morgan fingerprint density at radius 1 is 1.22 bits per heavy atom. The van der Waals surface area contributed by atoms with Crippen molar-refractivity contribution < 1.29 is 9.18 Å². The van der Waals surface area contributed by atoms with Gasteiger partial charge in [0.2, 0.25) is 5.91 Å². The molecule has 2 heterocycles. The van der Waals surface area contributed by atoms with Crippen molar-refractivity contribution in [2.75, 3.05) is 31.1 Å². The first-order valence-electron chi connectivity index (χ1n) is 10.1. The SMILES string of the molecule is CC(C)=CCN1CCC2(CC1)CN(C(=O)CC(C)(C)C)c1ccc(F)cc12. The number of likely N-dealkylation sites (tertiary alicyclic amines) is 1. The summed E-state index contributed by atoms with van der Waals surface area (Å²) in [5.41, 5.74) is 3.13. The minimum absolute atomic E-state index is 0.0548. The number of nitrogens with zero attached hydrogens (tertiary/aromatic N) is 2. The average molecular weight is 373 g/mol. The van der Waals surface area contributed by atoms with Gasteiger partial charge < -0.3 is 4.90 Å². The molecule has 3 nitrogen and oxygen atoms in total. The predicted octanol–water partition coefficient (Wildman–Crippen LogP) is 4.91. The van der Waals surface area contributed by atoms with Gasteiger partial charge in [0, 0.05) is 30.6 Å².